The van der Waals surface area contributed by atoms with Gasteiger partial charge in [0.05, 0.1) is 34.4 Å². The molecule has 1 amide bonds. The second-order valence-corrected chi connectivity index (χ2v) is 12.2. The molecule has 1 aromatic carbocycles. The van der Waals surface area contributed by atoms with Crippen molar-refractivity contribution in [3.05, 3.63) is 76.2 Å². The molecule has 0 aliphatic rings. The van der Waals surface area contributed by atoms with Crippen LogP contribution in [0.3, 0.4) is 0 Å². The maximum Gasteiger partial charge on any atom is 0.254 e. The number of nitrogens with zero attached hydrogens (tertiary/aromatic N) is 5. The Kier molecular flexibility index (Phi) is 7.97. The molecule has 8 nitrogen and oxygen atoms in total. The van der Waals surface area contributed by atoms with Gasteiger partial charge in [-0.1, -0.05) is 17.7 Å². The normalized spacial score (nSPS) is 11.7. The quantitative estimate of drug-likeness (QED) is 0.310. The Labute approximate surface area is 224 Å². The van der Waals surface area contributed by atoms with E-state index in [4.69, 9.17) is 9.97 Å². The van der Waals surface area contributed by atoms with Crippen LogP contribution >= 0.6 is 0 Å². The van der Waals surface area contributed by atoms with Gasteiger partial charge in [0, 0.05) is 48.7 Å². The Hall–Kier alpha value is -3.59. The zero-order chi connectivity index (χ0) is 27.6. The summed E-state index contributed by atoms with van der Waals surface area (Å²) in [6.07, 6.45) is 4.27. The summed E-state index contributed by atoms with van der Waals surface area (Å²) in [5, 5.41) is 5.22. The third kappa shape index (κ3) is 6.10. The lowest BCUT2D eigenvalue weighted by molar-refractivity contribution is 0.0787. The summed E-state index contributed by atoms with van der Waals surface area (Å²) < 4.78 is 24.9. The van der Waals surface area contributed by atoms with Crippen LogP contribution in [0.5, 0.6) is 0 Å². The molecule has 0 N–H and O–H groups in total. The maximum atomic E-state index is 13.8. The second kappa shape index (κ2) is 11.0. The van der Waals surface area contributed by atoms with E-state index in [9.17, 15) is 13.2 Å². The van der Waals surface area contributed by atoms with Crippen LogP contribution in [0.1, 0.15) is 51.8 Å². The Morgan fingerprint density at radius 3 is 2.42 bits per heavy atom. The first-order valence-corrected chi connectivity index (χ1v) is 14.9. The van der Waals surface area contributed by atoms with Crippen LogP contribution in [0.4, 0.5) is 0 Å². The molecule has 4 aromatic rings. The molecule has 3 heterocycles. The molecule has 3 aromatic heterocycles. The number of fused-ring (bicyclic) bond motifs is 1. The van der Waals surface area contributed by atoms with Crippen LogP contribution in [0.2, 0.25) is 0 Å². The van der Waals surface area contributed by atoms with Gasteiger partial charge in [-0.05, 0) is 70.4 Å². The Morgan fingerprint density at radius 2 is 1.76 bits per heavy atom. The van der Waals surface area contributed by atoms with Crippen LogP contribution in [0.25, 0.3) is 22.3 Å². The largest absolute Gasteiger partial charge is 0.337 e. The fraction of sp³-hybridized carbons (Fsp3) is 0.379. The highest BCUT2D eigenvalue weighted by molar-refractivity contribution is 7.90. The molecule has 0 aliphatic carbocycles. The van der Waals surface area contributed by atoms with E-state index < -0.39 is 9.84 Å². The van der Waals surface area contributed by atoms with Gasteiger partial charge in [0.15, 0.2) is 0 Å². The maximum absolute atomic E-state index is 13.8. The van der Waals surface area contributed by atoms with Crippen molar-refractivity contribution in [2.45, 2.75) is 53.6 Å². The van der Waals surface area contributed by atoms with E-state index in [1.807, 2.05) is 75.0 Å². The van der Waals surface area contributed by atoms with Gasteiger partial charge < -0.3 is 4.90 Å². The molecule has 200 valence electrons. The van der Waals surface area contributed by atoms with Gasteiger partial charge in [-0.15, -0.1) is 0 Å². The predicted molar refractivity (Wildman–Crippen MR) is 151 cm³/mol. The molecule has 0 aliphatic heterocycles. The van der Waals surface area contributed by atoms with Gasteiger partial charge >= 0.3 is 0 Å². The first kappa shape index (κ1) is 27.4. The minimum atomic E-state index is -3.00. The number of hydrogen-bond acceptors (Lipinski definition) is 6. The molecule has 0 saturated carbocycles. The van der Waals surface area contributed by atoms with E-state index in [-0.39, 0.29) is 11.7 Å². The first-order chi connectivity index (χ1) is 18.0. The molecule has 38 heavy (non-hydrogen) atoms. The molecular weight excluding hydrogens is 498 g/mol. The number of carbonyl (C=O) groups is 1. The number of hydrogen-bond donors (Lipinski definition) is 0. The highest BCUT2D eigenvalue weighted by Crippen LogP contribution is 2.27. The molecule has 0 fully saturated rings. The summed E-state index contributed by atoms with van der Waals surface area (Å²) in [4.78, 5) is 25.1. The topological polar surface area (TPSA) is 98.1 Å². The van der Waals surface area contributed by atoms with Crippen molar-refractivity contribution in [3.63, 3.8) is 0 Å². The van der Waals surface area contributed by atoms with Gasteiger partial charge in [0.25, 0.3) is 5.91 Å². The van der Waals surface area contributed by atoms with Crippen molar-refractivity contribution >= 4 is 26.6 Å². The minimum absolute atomic E-state index is 0.0954. The molecule has 0 unspecified atom stereocenters. The van der Waals surface area contributed by atoms with Gasteiger partial charge in [0.2, 0.25) is 0 Å². The molecule has 9 heteroatoms. The number of carbonyl (C=O) groups excluding carboxylic acids is 1. The highest BCUT2D eigenvalue weighted by Gasteiger charge is 2.20. The average molecular weight is 534 g/mol. The van der Waals surface area contributed by atoms with Crippen LogP contribution in [0.15, 0.2) is 42.6 Å². The van der Waals surface area contributed by atoms with E-state index in [1.165, 1.54) is 6.26 Å². The average Bonchev–Trinajstić information content (AvgIpc) is 3.22. The first-order valence-electron chi connectivity index (χ1n) is 12.8. The summed E-state index contributed by atoms with van der Waals surface area (Å²) in [5.74, 6) is 0.0550. The highest BCUT2D eigenvalue weighted by atomic mass is 32.2. The number of pyridine rings is 2. The van der Waals surface area contributed by atoms with Gasteiger partial charge in [-0.2, -0.15) is 5.10 Å². The van der Waals surface area contributed by atoms with E-state index >= 15 is 0 Å². The van der Waals surface area contributed by atoms with Crippen molar-refractivity contribution in [2.75, 3.05) is 19.1 Å². The minimum Gasteiger partial charge on any atom is -0.337 e. The van der Waals surface area contributed by atoms with Crippen molar-refractivity contribution in [2.24, 2.45) is 0 Å². The van der Waals surface area contributed by atoms with Crippen LogP contribution < -0.4 is 0 Å². The molecule has 0 spiro atoms. The number of rotatable bonds is 9. The number of sulfone groups is 1. The lowest BCUT2D eigenvalue weighted by atomic mass is 10.0. The van der Waals surface area contributed by atoms with Crippen molar-refractivity contribution in [3.8, 4) is 11.4 Å². The van der Waals surface area contributed by atoms with Gasteiger partial charge in [0.1, 0.15) is 9.84 Å². The van der Waals surface area contributed by atoms with Crippen LogP contribution in [0, 0.1) is 20.8 Å². The van der Waals surface area contributed by atoms with E-state index in [0.29, 0.717) is 36.3 Å². The lowest BCUT2D eigenvalue weighted by Gasteiger charge is -2.19. The Morgan fingerprint density at radius 1 is 1.00 bits per heavy atom. The summed E-state index contributed by atoms with van der Waals surface area (Å²) in [6, 6.07) is 11.6. The third-order valence-corrected chi connectivity index (χ3v) is 7.90. The molecule has 0 atom stereocenters. The monoisotopic (exact) mass is 533 g/mol. The van der Waals surface area contributed by atoms with Gasteiger partial charge in [-0.25, -0.2) is 13.4 Å². The number of amides is 1. The Balaban J connectivity index is 1.68. The summed E-state index contributed by atoms with van der Waals surface area (Å²) in [6.45, 7) is 9.22. The van der Waals surface area contributed by atoms with Crippen LogP contribution in [-0.4, -0.2) is 58.0 Å². The smallest absolute Gasteiger partial charge is 0.254 e. The second-order valence-electron chi connectivity index (χ2n) is 9.98. The summed E-state index contributed by atoms with van der Waals surface area (Å²) in [7, 11) is -1.19. The number of benzene rings is 1. The predicted octanol–water partition coefficient (Wildman–Crippen LogP) is 4.69. The zero-order valence-electron chi connectivity index (χ0n) is 22.9. The SMILES string of the molecule is CCn1ncc(CN(C)C(=O)c2cc(-c3ccc(CCCS(C)(=O)=O)c(C)n3)nc3ccc(C)cc23)c1C. The van der Waals surface area contributed by atoms with E-state index in [0.717, 1.165) is 45.5 Å². The molecule has 4 rings (SSSR count). The van der Waals surface area contributed by atoms with E-state index in [1.54, 1.807) is 11.9 Å². The van der Waals surface area contributed by atoms with Crippen molar-refractivity contribution in [1.82, 2.24) is 24.6 Å². The molecule has 0 saturated heterocycles. The lowest BCUT2D eigenvalue weighted by Crippen LogP contribution is -2.27. The number of aryl methyl sites for hydroxylation is 4. The third-order valence-electron chi connectivity index (χ3n) is 6.87. The fourth-order valence-electron chi connectivity index (χ4n) is 4.66. The fourth-order valence-corrected chi connectivity index (χ4v) is 5.33. The molecule has 0 radical (unpaired) electrons. The molecular formula is C29H35N5O3S. The molecule has 0 bridgehead atoms. The standard InChI is InChI=1S/C29H35N5O3S/c1-7-34-21(4)23(17-30-34)18-33(5)29(35)25-16-28(32-26-12-10-19(2)15-24(25)26)27-13-11-22(20(3)31-27)9-8-14-38(6,36)37/h10-13,15-17H,7-9,14,18H2,1-6H3. The van der Waals surface area contributed by atoms with Crippen LogP contribution in [-0.2, 0) is 29.3 Å². The zero-order valence-corrected chi connectivity index (χ0v) is 23.8. The van der Waals surface area contributed by atoms with Crippen molar-refractivity contribution in [1.29, 1.82) is 0 Å². The summed E-state index contributed by atoms with van der Waals surface area (Å²) in [5.41, 5.74) is 7.57. The summed E-state index contributed by atoms with van der Waals surface area (Å²) >= 11 is 0. The Bertz CT molecular complexity index is 1610. The van der Waals surface area contributed by atoms with Crippen molar-refractivity contribution < 1.29 is 13.2 Å². The number of aromatic nitrogens is 4. The van der Waals surface area contributed by atoms with Gasteiger partial charge in [-0.3, -0.25) is 14.5 Å². The van der Waals surface area contributed by atoms with E-state index in [2.05, 4.69) is 5.10 Å².